The molecule has 0 aromatic heterocycles. The summed E-state index contributed by atoms with van der Waals surface area (Å²) in [5, 5.41) is 0.767. The summed E-state index contributed by atoms with van der Waals surface area (Å²) in [6, 6.07) is 16.6. The van der Waals surface area contributed by atoms with Crippen LogP contribution in [0.5, 0.6) is 0 Å². The van der Waals surface area contributed by atoms with Gasteiger partial charge in [0.1, 0.15) is 0 Å². The number of aryl methyl sites for hydroxylation is 1. The van der Waals surface area contributed by atoms with Gasteiger partial charge in [0.25, 0.3) is 0 Å². The Labute approximate surface area is 120 Å². The molecule has 1 atom stereocenters. The molecule has 0 aliphatic heterocycles. The fraction of sp³-hybridized carbons (Fsp3) is 0.294. The molecule has 0 radical (unpaired) electrons. The van der Waals surface area contributed by atoms with E-state index >= 15 is 0 Å². The van der Waals surface area contributed by atoms with Gasteiger partial charge in [0.05, 0.1) is 0 Å². The Morgan fingerprint density at radius 3 is 2.42 bits per heavy atom. The number of nitrogens with two attached hydrogens (primary N) is 1. The van der Waals surface area contributed by atoms with E-state index in [0.29, 0.717) is 0 Å². The SMILES string of the molecule is CCCc1ccc(C(N)Cc2cccc(Cl)c2)cc1. The predicted molar refractivity (Wildman–Crippen MR) is 82.5 cm³/mol. The third-order valence-electron chi connectivity index (χ3n) is 3.29. The summed E-state index contributed by atoms with van der Waals surface area (Å²) in [6.45, 7) is 2.19. The summed E-state index contributed by atoms with van der Waals surface area (Å²) in [4.78, 5) is 0. The van der Waals surface area contributed by atoms with Crippen molar-refractivity contribution in [2.24, 2.45) is 5.73 Å². The van der Waals surface area contributed by atoms with Crippen LogP contribution in [0.1, 0.15) is 36.1 Å². The molecule has 0 bridgehead atoms. The molecule has 100 valence electrons. The van der Waals surface area contributed by atoms with Crippen molar-refractivity contribution in [1.82, 2.24) is 0 Å². The van der Waals surface area contributed by atoms with Crippen LogP contribution in [-0.4, -0.2) is 0 Å². The Kier molecular flexibility index (Phi) is 5.00. The fourth-order valence-electron chi connectivity index (χ4n) is 2.26. The van der Waals surface area contributed by atoms with E-state index in [0.717, 1.165) is 17.9 Å². The van der Waals surface area contributed by atoms with E-state index in [1.165, 1.54) is 23.1 Å². The van der Waals surface area contributed by atoms with Crippen LogP contribution >= 0.6 is 11.6 Å². The molecule has 0 amide bonds. The van der Waals surface area contributed by atoms with Crippen molar-refractivity contribution in [2.75, 3.05) is 0 Å². The average Bonchev–Trinajstić information content (AvgIpc) is 2.40. The molecule has 0 saturated carbocycles. The van der Waals surface area contributed by atoms with E-state index in [9.17, 15) is 0 Å². The standard InChI is InChI=1S/C17H20ClN/c1-2-4-13-7-9-15(10-8-13)17(19)12-14-5-3-6-16(18)11-14/h3,5-11,17H,2,4,12,19H2,1H3. The van der Waals surface area contributed by atoms with Crippen LogP contribution < -0.4 is 5.73 Å². The molecular weight excluding hydrogens is 254 g/mol. The Hall–Kier alpha value is -1.31. The van der Waals surface area contributed by atoms with E-state index in [2.05, 4.69) is 37.3 Å². The third kappa shape index (κ3) is 4.09. The zero-order valence-corrected chi connectivity index (χ0v) is 12.0. The van der Waals surface area contributed by atoms with Gasteiger partial charge in [-0.2, -0.15) is 0 Å². The molecule has 0 spiro atoms. The van der Waals surface area contributed by atoms with E-state index in [-0.39, 0.29) is 6.04 Å². The molecule has 2 N–H and O–H groups in total. The first-order chi connectivity index (χ1) is 9.19. The molecule has 0 heterocycles. The molecule has 19 heavy (non-hydrogen) atoms. The van der Waals surface area contributed by atoms with Gasteiger partial charge in [-0.05, 0) is 41.7 Å². The molecule has 2 heteroatoms. The van der Waals surface area contributed by atoms with Gasteiger partial charge in [0.15, 0.2) is 0 Å². The first-order valence-corrected chi connectivity index (χ1v) is 7.15. The molecule has 1 unspecified atom stereocenters. The summed E-state index contributed by atoms with van der Waals surface area (Å²) in [7, 11) is 0. The topological polar surface area (TPSA) is 26.0 Å². The highest BCUT2D eigenvalue weighted by molar-refractivity contribution is 6.30. The second-order valence-corrected chi connectivity index (χ2v) is 5.37. The van der Waals surface area contributed by atoms with E-state index in [1.54, 1.807) is 0 Å². The van der Waals surface area contributed by atoms with Gasteiger partial charge in [0.2, 0.25) is 0 Å². The number of benzene rings is 2. The second-order valence-electron chi connectivity index (χ2n) is 4.93. The van der Waals surface area contributed by atoms with Gasteiger partial charge in [-0.1, -0.05) is 61.3 Å². The Bertz CT molecular complexity index is 519. The van der Waals surface area contributed by atoms with Gasteiger partial charge in [-0.25, -0.2) is 0 Å². The van der Waals surface area contributed by atoms with E-state index in [1.807, 2.05) is 18.2 Å². The zero-order chi connectivity index (χ0) is 13.7. The molecule has 2 aromatic rings. The summed E-state index contributed by atoms with van der Waals surface area (Å²) in [6.07, 6.45) is 3.12. The van der Waals surface area contributed by atoms with Crippen LogP contribution in [-0.2, 0) is 12.8 Å². The Morgan fingerprint density at radius 2 is 1.79 bits per heavy atom. The van der Waals surface area contributed by atoms with Gasteiger partial charge in [-0.3, -0.25) is 0 Å². The highest BCUT2D eigenvalue weighted by Gasteiger charge is 2.07. The summed E-state index contributed by atoms with van der Waals surface area (Å²) >= 11 is 5.99. The summed E-state index contributed by atoms with van der Waals surface area (Å²) < 4.78 is 0. The molecule has 1 nitrogen and oxygen atoms in total. The molecule has 0 fully saturated rings. The number of hydrogen-bond donors (Lipinski definition) is 1. The number of rotatable bonds is 5. The molecule has 0 saturated heterocycles. The van der Waals surface area contributed by atoms with E-state index < -0.39 is 0 Å². The predicted octanol–water partition coefficient (Wildman–Crippen LogP) is 4.54. The Morgan fingerprint density at radius 1 is 1.05 bits per heavy atom. The lowest BCUT2D eigenvalue weighted by Crippen LogP contribution is -2.13. The lowest BCUT2D eigenvalue weighted by Gasteiger charge is -2.13. The second kappa shape index (κ2) is 6.74. The number of halogens is 1. The smallest absolute Gasteiger partial charge is 0.0408 e. The minimum atomic E-state index is 0.0224. The van der Waals surface area contributed by atoms with Crippen molar-refractivity contribution in [3.05, 3.63) is 70.2 Å². The quantitative estimate of drug-likeness (QED) is 0.851. The Balaban J connectivity index is 2.05. The highest BCUT2D eigenvalue weighted by atomic mass is 35.5. The molecular formula is C17H20ClN. The average molecular weight is 274 g/mol. The van der Waals surface area contributed by atoms with Crippen LogP contribution in [0.3, 0.4) is 0 Å². The zero-order valence-electron chi connectivity index (χ0n) is 11.3. The fourth-order valence-corrected chi connectivity index (χ4v) is 2.47. The van der Waals surface area contributed by atoms with Gasteiger partial charge >= 0.3 is 0 Å². The van der Waals surface area contributed by atoms with Crippen LogP contribution in [0, 0.1) is 0 Å². The maximum atomic E-state index is 6.26. The largest absolute Gasteiger partial charge is 0.324 e. The molecule has 2 rings (SSSR count). The van der Waals surface area contributed by atoms with Crippen molar-refractivity contribution in [2.45, 2.75) is 32.2 Å². The summed E-state index contributed by atoms with van der Waals surface area (Å²) in [5.41, 5.74) is 9.99. The first kappa shape index (κ1) is 14.1. The van der Waals surface area contributed by atoms with Crippen LogP contribution in [0.2, 0.25) is 5.02 Å². The van der Waals surface area contributed by atoms with Crippen LogP contribution in [0.15, 0.2) is 48.5 Å². The lowest BCUT2D eigenvalue weighted by molar-refractivity contribution is 0.721. The maximum Gasteiger partial charge on any atom is 0.0408 e. The van der Waals surface area contributed by atoms with Crippen molar-refractivity contribution < 1.29 is 0 Å². The van der Waals surface area contributed by atoms with Crippen molar-refractivity contribution in [1.29, 1.82) is 0 Å². The molecule has 0 aliphatic carbocycles. The number of hydrogen-bond acceptors (Lipinski definition) is 1. The normalized spacial score (nSPS) is 12.4. The first-order valence-electron chi connectivity index (χ1n) is 6.78. The van der Waals surface area contributed by atoms with Gasteiger partial charge in [-0.15, -0.1) is 0 Å². The van der Waals surface area contributed by atoms with Crippen LogP contribution in [0.25, 0.3) is 0 Å². The third-order valence-corrected chi connectivity index (χ3v) is 3.53. The van der Waals surface area contributed by atoms with Crippen molar-refractivity contribution in [3.8, 4) is 0 Å². The lowest BCUT2D eigenvalue weighted by atomic mass is 9.98. The summed E-state index contributed by atoms with van der Waals surface area (Å²) in [5.74, 6) is 0. The van der Waals surface area contributed by atoms with Gasteiger partial charge in [0, 0.05) is 11.1 Å². The minimum Gasteiger partial charge on any atom is -0.324 e. The van der Waals surface area contributed by atoms with Crippen LogP contribution in [0.4, 0.5) is 0 Å². The monoisotopic (exact) mass is 273 g/mol. The van der Waals surface area contributed by atoms with Crippen molar-refractivity contribution in [3.63, 3.8) is 0 Å². The minimum absolute atomic E-state index is 0.0224. The maximum absolute atomic E-state index is 6.26. The van der Waals surface area contributed by atoms with Gasteiger partial charge < -0.3 is 5.73 Å². The molecule has 0 aliphatic rings. The molecule has 2 aromatic carbocycles. The highest BCUT2D eigenvalue weighted by Crippen LogP contribution is 2.19. The van der Waals surface area contributed by atoms with E-state index in [4.69, 9.17) is 17.3 Å². The van der Waals surface area contributed by atoms with Crippen molar-refractivity contribution >= 4 is 11.6 Å².